The first kappa shape index (κ1) is 26.3. The molecule has 0 saturated carbocycles. The second-order valence-corrected chi connectivity index (χ2v) is 10.4. The summed E-state index contributed by atoms with van der Waals surface area (Å²) in [5.41, 5.74) is -0.598. The third-order valence-corrected chi connectivity index (χ3v) is 6.47. The van der Waals surface area contributed by atoms with Gasteiger partial charge in [0.05, 0.1) is 44.2 Å². The zero-order valence-corrected chi connectivity index (χ0v) is 21.0. The molecule has 9 heteroatoms. The maximum atomic E-state index is 13.5. The van der Waals surface area contributed by atoms with Crippen molar-refractivity contribution in [2.45, 2.75) is 83.1 Å². The molecule has 1 saturated heterocycles. The number of rotatable bonds is 7. The number of hydrogen-bond donors (Lipinski definition) is 1. The van der Waals surface area contributed by atoms with E-state index in [-0.39, 0.29) is 41.5 Å². The second-order valence-electron chi connectivity index (χ2n) is 10.4. The van der Waals surface area contributed by atoms with E-state index < -0.39 is 53.0 Å². The van der Waals surface area contributed by atoms with Crippen molar-refractivity contribution in [3.63, 3.8) is 0 Å². The fourth-order valence-electron chi connectivity index (χ4n) is 5.01. The number of fused-ring (bicyclic) bond motifs is 1. The molecule has 1 aromatic rings. The second kappa shape index (κ2) is 9.63. The van der Waals surface area contributed by atoms with Gasteiger partial charge in [0.1, 0.15) is 11.4 Å². The minimum absolute atomic E-state index is 0.0485. The van der Waals surface area contributed by atoms with Crippen LogP contribution in [0.15, 0.2) is 35.4 Å². The first-order valence-corrected chi connectivity index (χ1v) is 12.2. The molecule has 1 N–H and O–H groups in total. The molecule has 1 aliphatic carbocycles. The van der Waals surface area contributed by atoms with Crippen LogP contribution >= 0.6 is 0 Å². The Bertz CT molecular complexity index is 1120. The molecular weight excluding hydrogens is 468 g/mol. The van der Waals surface area contributed by atoms with E-state index in [2.05, 4.69) is 0 Å². The third-order valence-electron chi connectivity index (χ3n) is 6.47. The number of ketones is 3. The number of Topliss-reactive ketones (excluding diaryl/α,β-unsaturated/α-hetero) is 3. The van der Waals surface area contributed by atoms with E-state index in [4.69, 9.17) is 18.9 Å². The van der Waals surface area contributed by atoms with Gasteiger partial charge in [0.25, 0.3) is 0 Å². The summed E-state index contributed by atoms with van der Waals surface area (Å²) in [5, 5.41) is 11.7. The standard InChI is InChI=1S/C27H32O9/c1-5-26(33-10-11-34-26)14-16(28)15-27(32)22-20(12-17(35-27)13-21(29)36-25(2,3)4)23(30)18-8-6-7-9-19(18)24(22)31/h6-9,17,32H,5,10-15H2,1-4H3. The van der Waals surface area contributed by atoms with Gasteiger partial charge >= 0.3 is 5.97 Å². The van der Waals surface area contributed by atoms with Crippen molar-refractivity contribution in [2.75, 3.05) is 13.2 Å². The summed E-state index contributed by atoms with van der Waals surface area (Å²) in [4.78, 5) is 52.5. The zero-order chi connectivity index (χ0) is 26.3. The van der Waals surface area contributed by atoms with E-state index in [0.717, 1.165) is 0 Å². The summed E-state index contributed by atoms with van der Waals surface area (Å²) in [6, 6.07) is 6.31. The number of hydrogen-bond acceptors (Lipinski definition) is 9. The zero-order valence-electron chi connectivity index (χ0n) is 21.0. The fraction of sp³-hybridized carbons (Fsp3) is 0.556. The Morgan fingerprint density at radius 1 is 1.06 bits per heavy atom. The number of carbonyl (C=O) groups is 4. The van der Waals surface area contributed by atoms with Gasteiger partial charge in [-0.2, -0.15) is 0 Å². The summed E-state index contributed by atoms with van der Waals surface area (Å²) in [5.74, 6) is -5.57. The van der Waals surface area contributed by atoms with Gasteiger partial charge in [-0.25, -0.2) is 0 Å². The van der Waals surface area contributed by atoms with Gasteiger partial charge in [0.2, 0.25) is 5.79 Å². The lowest BCUT2D eigenvalue weighted by Crippen LogP contribution is -2.50. The first-order chi connectivity index (χ1) is 16.9. The lowest BCUT2D eigenvalue weighted by atomic mass is 9.75. The normalized spacial score (nSPS) is 25.4. The van der Waals surface area contributed by atoms with Crippen LogP contribution in [-0.2, 0) is 28.5 Å². The first-order valence-electron chi connectivity index (χ1n) is 12.2. The molecule has 1 fully saturated rings. The molecule has 36 heavy (non-hydrogen) atoms. The van der Waals surface area contributed by atoms with Crippen LogP contribution in [0.2, 0.25) is 0 Å². The molecule has 2 unspecified atom stereocenters. The summed E-state index contributed by atoms with van der Waals surface area (Å²) < 4.78 is 22.5. The number of benzene rings is 1. The van der Waals surface area contributed by atoms with Crippen molar-refractivity contribution < 1.29 is 43.2 Å². The van der Waals surface area contributed by atoms with Crippen molar-refractivity contribution in [3.05, 3.63) is 46.5 Å². The van der Waals surface area contributed by atoms with Gasteiger partial charge in [0, 0.05) is 23.1 Å². The average Bonchev–Trinajstić information content (AvgIpc) is 3.24. The highest BCUT2D eigenvalue weighted by molar-refractivity contribution is 6.27. The largest absolute Gasteiger partial charge is 0.460 e. The van der Waals surface area contributed by atoms with Crippen LogP contribution in [0.5, 0.6) is 0 Å². The predicted octanol–water partition coefficient (Wildman–Crippen LogP) is 3.07. The minimum atomic E-state index is -2.40. The molecule has 2 atom stereocenters. The van der Waals surface area contributed by atoms with Crippen LogP contribution < -0.4 is 0 Å². The Kier molecular flexibility index (Phi) is 7.04. The highest BCUT2D eigenvalue weighted by Gasteiger charge is 2.52. The van der Waals surface area contributed by atoms with E-state index in [0.29, 0.717) is 19.6 Å². The summed E-state index contributed by atoms with van der Waals surface area (Å²) >= 11 is 0. The van der Waals surface area contributed by atoms with Crippen LogP contribution in [0.1, 0.15) is 80.5 Å². The molecule has 0 amide bonds. The molecule has 9 nitrogen and oxygen atoms in total. The lowest BCUT2D eigenvalue weighted by molar-refractivity contribution is -0.218. The van der Waals surface area contributed by atoms with Gasteiger partial charge in [-0.05, 0) is 27.2 Å². The van der Waals surface area contributed by atoms with Crippen LogP contribution in [0, 0.1) is 0 Å². The third kappa shape index (κ3) is 5.20. The smallest absolute Gasteiger partial charge is 0.308 e. The van der Waals surface area contributed by atoms with Crippen molar-refractivity contribution in [2.24, 2.45) is 0 Å². The fourth-order valence-corrected chi connectivity index (χ4v) is 5.01. The molecule has 3 aliphatic rings. The molecular formula is C27H32O9. The van der Waals surface area contributed by atoms with Gasteiger partial charge in [-0.1, -0.05) is 31.2 Å². The maximum absolute atomic E-state index is 13.5. The summed E-state index contributed by atoms with van der Waals surface area (Å²) in [7, 11) is 0. The van der Waals surface area contributed by atoms with Crippen molar-refractivity contribution in [1.29, 1.82) is 0 Å². The molecule has 2 aliphatic heterocycles. The van der Waals surface area contributed by atoms with Crippen LogP contribution in [-0.4, -0.2) is 64.9 Å². The Morgan fingerprint density at radius 3 is 2.25 bits per heavy atom. The quantitative estimate of drug-likeness (QED) is 0.562. The maximum Gasteiger partial charge on any atom is 0.308 e. The Morgan fingerprint density at radius 2 is 1.67 bits per heavy atom. The molecule has 0 aromatic heterocycles. The molecule has 4 rings (SSSR count). The highest BCUT2D eigenvalue weighted by atomic mass is 16.7. The Hall–Kier alpha value is -2.72. The number of aliphatic hydroxyl groups is 1. The number of carbonyl (C=O) groups excluding carboxylic acids is 4. The molecule has 2 heterocycles. The van der Waals surface area contributed by atoms with Crippen molar-refractivity contribution >= 4 is 23.3 Å². The summed E-state index contributed by atoms with van der Waals surface area (Å²) in [6.07, 6.45) is -1.66. The van der Waals surface area contributed by atoms with Crippen LogP contribution in [0.25, 0.3) is 0 Å². The van der Waals surface area contributed by atoms with E-state index in [1.165, 1.54) is 6.07 Å². The molecule has 0 radical (unpaired) electrons. The highest BCUT2D eigenvalue weighted by Crippen LogP contribution is 2.43. The monoisotopic (exact) mass is 500 g/mol. The van der Waals surface area contributed by atoms with E-state index in [1.807, 2.05) is 6.92 Å². The van der Waals surface area contributed by atoms with E-state index in [1.54, 1.807) is 39.0 Å². The Labute approximate surface area is 209 Å². The molecule has 0 bridgehead atoms. The van der Waals surface area contributed by atoms with E-state index in [9.17, 15) is 24.3 Å². The van der Waals surface area contributed by atoms with Crippen LogP contribution in [0.4, 0.5) is 0 Å². The lowest BCUT2D eigenvalue weighted by Gasteiger charge is -2.41. The van der Waals surface area contributed by atoms with Crippen molar-refractivity contribution in [3.8, 4) is 0 Å². The van der Waals surface area contributed by atoms with Gasteiger partial charge in [0.15, 0.2) is 17.4 Å². The number of ether oxygens (including phenoxy) is 4. The average molecular weight is 501 g/mol. The number of esters is 1. The van der Waals surface area contributed by atoms with E-state index >= 15 is 0 Å². The molecule has 1 aromatic carbocycles. The molecule has 194 valence electrons. The minimum Gasteiger partial charge on any atom is -0.460 e. The Balaban J connectivity index is 1.67. The summed E-state index contributed by atoms with van der Waals surface area (Å²) in [6.45, 7) is 7.68. The van der Waals surface area contributed by atoms with Crippen molar-refractivity contribution in [1.82, 2.24) is 0 Å². The van der Waals surface area contributed by atoms with Crippen LogP contribution in [0.3, 0.4) is 0 Å². The van der Waals surface area contributed by atoms with Gasteiger partial charge < -0.3 is 24.1 Å². The van der Waals surface area contributed by atoms with Gasteiger partial charge in [-0.15, -0.1) is 0 Å². The SMILES string of the molecule is CCC1(CC(=O)CC2(O)OC(CC(=O)OC(C)(C)C)CC3=C2C(=O)c2ccccc2C3=O)OCCO1. The van der Waals surface area contributed by atoms with Gasteiger partial charge in [-0.3, -0.25) is 19.2 Å². The molecule has 0 spiro atoms. The topological polar surface area (TPSA) is 125 Å². The predicted molar refractivity (Wildman–Crippen MR) is 126 cm³/mol.